The van der Waals surface area contributed by atoms with E-state index in [0.717, 1.165) is 135 Å². The number of unbranched alkanes of at least 4 members (excludes halogenated alkanes) is 19. The van der Waals surface area contributed by atoms with E-state index in [2.05, 4.69) is 155 Å². The van der Waals surface area contributed by atoms with Crippen LogP contribution >= 0.6 is 15.6 Å². The van der Waals surface area contributed by atoms with Gasteiger partial charge in [-0.1, -0.05) is 282 Å². The number of carbonyl (C=O) groups is 4. The van der Waals surface area contributed by atoms with E-state index >= 15 is 0 Å². The number of rotatable bonds is 71. The molecular formula is C83H136O17P2. The van der Waals surface area contributed by atoms with Gasteiger partial charge >= 0.3 is 39.5 Å². The lowest BCUT2D eigenvalue weighted by molar-refractivity contribution is -0.161. The first kappa shape index (κ1) is 96.7. The number of ether oxygens (including phenoxy) is 4. The molecule has 5 unspecified atom stereocenters. The molecule has 0 fully saturated rings. The van der Waals surface area contributed by atoms with Gasteiger partial charge < -0.3 is 33.8 Å². The number of hydrogen-bond donors (Lipinski definition) is 3. The molecule has 0 aliphatic rings. The lowest BCUT2D eigenvalue weighted by Gasteiger charge is -2.21. The molecule has 0 aromatic heterocycles. The molecule has 3 N–H and O–H groups in total. The largest absolute Gasteiger partial charge is 0.472 e. The van der Waals surface area contributed by atoms with Crippen molar-refractivity contribution in [2.24, 2.45) is 0 Å². The summed E-state index contributed by atoms with van der Waals surface area (Å²) in [5.41, 5.74) is 0. The second kappa shape index (κ2) is 74.0. The van der Waals surface area contributed by atoms with Crippen molar-refractivity contribution >= 4 is 39.5 Å². The van der Waals surface area contributed by atoms with Gasteiger partial charge in [-0.05, 0) is 135 Å². The average molecular weight is 1470 g/mol. The molecule has 0 radical (unpaired) electrons. The van der Waals surface area contributed by atoms with Crippen molar-refractivity contribution in [1.29, 1.82) is 0 Å². The van der Waals surface area contributed by atoms with Crippen LogP contribution in [-0.2, 0) is 65.4 Å². The third-order valence-electron chi connectivity index (χ3n) is 15.5. The molecule has 0 amide bonds. The maximum absolute atomic E-state index is 13.1. The van der Waals surface area contributed by atoms with Crippen LogP contribution < -0.4 is 0 Å². The lowest BCUT2D eigenvalue weighted by Crippen LogP contribution is -2.30. The molecule has 19 heteroatoms. The Bertz CT molecular complexity index is 2550. The highest BCUT2D eigenvalue weighted by Gasteiger charge is 2.30. The SMILES string of the molecule is CC/C=C\C/C=C\C/C=C\C/C=C\C/C=C\C/C=C\CCC(=O)OCC(COP(=O)(O)OCC(O)COP(=O)(O)OCC(COC(=O)CCCCCCC/C=C\C/C=C\CCCCC)OC(=O)CCCCCCCCCCCCC)OC(=O)CCC/C=C\C/C=C\C/C=C\C/C=C\C/C=C\CC. The van der Waals surface area contributed by atoms with E-state index in [1.165, 1.54) is 57.8 Å². The summed E-state index contributed by atoms with van der Waals surface area (Å²) in [6.45, 7) is 4.43. The van der Waals surface area contributed by atoms with Crippen LogP contribution in [0.25, 0.3) is 0 Å². The van der Waals surface area contributed by atoms with Crippen molar-refractivity contribution in [2.75, 3.05) is 39.6 Å². The Hall–Kier alpha value is -5.32. The standard InChI is InChI=1S/C83H136O17P2/c1-5-9-13-17-21-25-29-32-35-37-38-40-42-45-49-52-56-60-64-68-81(86)94-74-79(100-83(88)70-66-62-58-54-50-46-43-39-36-33-30-26-22-18-14-10-6-2)76-98-102(91,92)96-72-77(84)71-95-101(89,90)97-75-78(99-82(87)69-65-61-57-53-47-28-24-20-16-12-8-4)73-93-80(85)67-63-59-55-51-48-44-41-34-31-27-23-19-15-11-7-3/h9-10,13-14,21-23,25-27,32-36,38,40-41,43,45-46,49,54,56,58,60,77-79,84H,5-8,11-12,15-20,24,28-31,37,39,42,44,47-48,50-53,55,57,59,61-76H2,1-4H3,(H,89,90)(H,91,92)/b13-9-,14-10-,25-21-,26-22-,27-23-,35-32-,36-33-,40-38-,41-34-,46-43-,49-45-,58-54-,60-56-. The fraction of sp³-hybridized carbons (Fsp3) is 0.639. The number of aliphatic hydroxyl groups excluding tert-OH is 1. The van der Waals surface area contributed by atoms with Crippen molar-refractivity contribution in [3.05, 3.63) is 158 Å². The molecule has 0 aromatic carbocycles. The summed E-state index contributed by atoms with van der Waals surface area (Å²) in [6, 6.07) is 0. The minimum absolute atomic E-state index is 0.00469. The third kappa shape index (κ3) is 73.0. The van der Waals surface area contributed by atoms with Crippen LogP contribution in [0.2, 0.25) is 0 Å². The van der Waals surface area contributed by atoms with E-state index in [-0.39, 0.29) is 25.7 Å². The molecule has 580 valence electrons. The molecule has 0 aromatic rings. The summed E-state index contributed by atoms with van der Waals surface area (Å²) >= 11 is 0. The monoisotopic (exact) mass is 1470 g/mol. The highest BCUT2D eigenvalue weighted by Crippen LogP contribution is 2.45. The fourth-order valence-corrected chi connectivity index (χ4v) is 11.2. The Morgan fingerprint density at radius 3 is 0.902 bits per heavy atom. The smallest absolute Gasteiger partial charge is 0.462 e. The highest BCUT2D eigenvalue weighted by molar-refractivity contribution is 7.47. The fourth-order valence-electron chi connectivity index (χ4n) is 9.66. The molecule has 0 saturated carbocycles. The van der Waals surface area contributed by atoms with Gasteiger partial charge in [0.2, 0.25) is 0 Å². The van der Waals surface area contributed by atoms with E-state index in [1.54, 1.807) is 0 Å². The van der Waals surface area contributed by atoms with Crippen molar-refractivity contribution in [3.8, 4) is 0 Å². The van der Waals surface area contributed by atoms with Crippen molar-refractivity contribution < 1.29 is 80.2 Å². The van der Waals surface area contributed by atoms with Gasteiger partial charge in [-0.3, -0.25) is 37.3 Å². The molecule has 17 nitrogen and oxygen atoms in total. The van der Waals surface area contributed by atoms with Crippen LogP contribution in [0, 0.1) is 0 Å². The van der Waals surface area contributed by atoms with Crippen molar-refractivity contribution in [3.63, 3.8) is 0 Å². The first-order valence-electron chi connectivity index (χ1n) is 38.7. The third-order valence-corrected chi connectivity index (χ3v) is 17.4. The van der Waals surface area contributed by atoms with Crippen LogP contribution in [0.5, 0.6) is 0 Å². The number of carbonyl (C=O) groups excluding carboxylic acids is 4. The molecule has 0 saturated heterocycles. The first-order chi connectivity index (χ1) is 49.7. The molecule has 0 aliphatic heterocycles. The van der Waals surface area contributed by atoms with Gasteiger partial charge in [-0.15, -0.1) is 0 Å². The topological polar surface area (TPSA) is 237 Å². The molecule has 102 heavy (non-hydrogen) atoms. The Balaban J connectivity index is 5.48. The van der Waals surface area contributed by atoms with Crippen LogP contribution in [0.15, 0.2) is 158 Å². The lowest BCUT2D eigenvalue weighted by atomic mass is 10.1. The van der Waals surface area contributed by atoms with Gasteiger partial charge in [-0.25, -0.2) is 9.13 Å². The average Bonchev–Trinajstić information content (AvgIpc) is 0.921. The van der Waals surface area contributed by atoms with Crippen molar-refractivity contribution in [1.82, 2.24) is 0 Å². The van der Waals surface area contributed by atoms with Gasteiger partial charge in [0.15, 0.2) is 12.2 Å². The van der Waals surface area contributed by atoms with Crippen LogP contribution in [-0.4, -0.2) is 96.7 Å². The number of esters is 4. The summed E-state index contributed by atoms with van der Waals surface area (Å²) in [5.74, 6) is -2.36. The van der Waals surface area contributed by atoms with E-state index < -0.39 is 97.5 Å². The minimum Gasteiger partial charge on any atom is -0.462 e. The highest BCUT2D eigenvalue weighted by atomic mass is 31.2. The zero-order valence-electron chi connectivity index (χ0n) is 63.2. The Morgan fingerprint density at radius 1 is 0.284 bits per heavy atom. The quantitative estimate of drug-likeness (QED) is 0.0169. The minimum atomic E-state index is -5.01. The molecule has 0 aliphatic carbocycles. The normalized spacial score (nSPS) is 14.8. The van der Waals surface area contributed by atoms with Crippen LogP contribution in [0.3, 0.4) is 0 Å². The molecule has 0 heterocycles. The van der Waals surface area contributed by atoms with Gasteiger partial charge in [0.25, 0.3) is 0 Å². The number of allylic oxidation sites excluding steroid dienone is 26. The number of phosphoric acid groups is 2. The van der Waals surface area contributed by atoms with E-state index in [9.17, 15) is 43.2 Å². The molecule has 0 bridgehead atoms. The summed E-state index contributed by atoms with van der Waals surface area (Å²) < 4.78 is 68.3. The van der Waals surface area contributed by atoms with Crippen LogP contribution in [0.1, 0.15) is 285 Å². The second-order valence-electron chi connectivity index (χ2n) is 25.2. The van der Waals surface area contributed by atoms with Crippen LogP contribution in [0.4, 0.5) is 0 Å². The number of phosphoric ester groups is 2. The van der Waals surface area contributed by atoms with Gasteiger partial charge in [0, 0.05) is 25.7 Å². The Labute approximate surface area is 617 Å². The molecule has 5 atom stereocenters. The predicted octanol–water partition coefficient (Wildman–Crippen LogP) is 22.4. The van der Waals surface area contributed by atoms with Gasteiger partial charge in [-0.2, -0.15) is 0 Å². The summed E-state index contributed by atoms with van der Waals surface area (Å²) in [6.07, 6.45) is 85.4. The molecule has 0 rings (SSSR count). The van der Waals surface area contributed by atoms with Gasteiger partial charge in [0.05, 0.1) is 26.4 Å². The molecular weight excluding hydrogens is 1330 g/mol. The van der Waals surface area contributed by atoms with Crippen molar-refractivity contribution in [2.45, 2.75) is 303 Å². The van der Waals surface area contributed by atoms with E-state index in [4.69, 9.17) is 37.0 Å². The van der Waals surface area contributed by atoms with E-state index in [1.807, 2.05) is 30.4 Å². The summed E-state index contributed by atoms with van der Waals surface area (Å²) in [4.78, 5) is 72.8. The zero-order valence-corrected chi connectivity index (χ0v) is 65.0. The van der Waals surface area contributed by atoms with Gasteiger partial charge in [0.1, 0.15) is 19.3 Å². The molecule has 0 spiro atoms. The zero-order chi connectivity index (χ0) is 74.6. The number of aliphatic hydroxyl groups is 1. The number of hydrogen-bond acceptors (Lipinski definition) is 15. The second-order valence-corrected chi connectivity index (χ2v) is 28.1. The maximum atomic E-state index is 13.1. The Morgan fingerprint density at radius 2 is 0.539 bits per heavy atom. The summed E-state index contributed by atoms with van der Waals surface area (Å²) in [7, 11) is -10.0. The van der Waals surface area contributed by atoms with E-state index in [0.29, 0.717) is 38.5 Å². The first-order valence-corrected chi connectivity index (χ1v) is 41.7. The Kier molecular flexibility index (Phi) is 70.1. The maximum Gasteiger partial charge on any atom is 0.472 e. The summed E-state index contributed by atoms with van der Waals surface area (Å²) in [5, 5.41) is 10.6. The predicted molar refractivity (Wildman–Crippen MR) is 417 cm³/mol.